The lowest BCUT2D eigenvalue weighted by Gasteiger charge is -2.08. The smallest absolute Gasteiger partial charge is 0.0737 e. The summed E-state index contributed by atoms with van der Waals surface area (Å²) in [5.74, 6) is 0. The predicted octanol–water partition coefficient (Wildman–Crippen LogP) is 0.742. The summed E-state index contributed by atoms with van der Waals surface area (Å²) in [6.45, 7) is 0. The number of nitrogens with two attached hydrogens (primary N) is 2. The topological polar surface area (TPSA) is 92.2 Å². The quantitative estimate of drug-likeness (QED) is 0.523. The van der Waals surface area contributed by atoms with Crippen LogP contribution in [-0.4, -0.2) is 8.76 Å². The number of halogens is 1. The first-order valence-corrected chi connectivity index (χ1v) is 4.41. The van der Waals surface area contributed by atoms with Crippen molar-refractivity contribution in [2.75, 3.05) is 11.5 Å². The summed E-state index contributed by atoms with van der Waals surface area (Å²) in [6.07, 6.45) is 0. The van der Waals surface area contributed by atoms with Gasteiger partial charge in [-0.25, -0.2) is 0 Å². The molecule has 0 heterocycles. The van der Waals surface area contributed by atoms with Gasteiger partial charge in [-0.3, -0.25) is 4.21 Å². The van der Waals surface area contributed by atoms with Crippen LogP contribution in [0.3, 0.4) is 0 Å². The van der Waals surface area contributed by atoms with Gasteiger partial charge in [-0.2, -0.15) is 0 Å². The zero-order valence-electron chi connectivity index (χ0n) is 5.91. The molecule has 0 radical (unpaired) electrons. The third kappa shape index (κ3) is 1.69. The molecule has 4 nitrogen and oxygen atoms in total. The normalized spacial score (nSPS) is 12.8. The Kier molecular flexibility index (Phi) is 2.56. The number of hydrogen-bond donors (Lipinski definition) is 2. The summed E-state index contributed by atoms with van der Waals surface area (Å²) in [5.41, 5.74) is 11.1. The first-order chi connectivity index (χ1) is 5.52. The van der Waals surface area contributed by atoms with Crippen LogP contribution in [0.1, 0.15) is 0 Å². The molecule has 12 heavy (non-hydrogen) atoms. The van der Waals surface area contributed by atoms with Crippen LogP contribution in [0, 0.1) is 0 Å². The average molecular weight is 206 g/mol. The fourth-order valence-electron chi connectivity index (χ4n) is 0.709. The number of hydrogen-bond acceptors (Lipinski definition) is 4. The highest BCUT2D eigenvalue weighted by atomic mass is 35.5. The van der Waals surface area contributed by atoms with Crippen LogP contribution >= 0.6 is 11.6 Å². The van der Waals surface area contributed by atoms with Crippen LogP contribution < -0.4 is 11.5 Å². The largest absolute Gasteiger partial charge is 0.768 e. The van der Waals surface area contributed by atoms with Gasteiger partial charge in [0.1, 0.15) is 0 Å². The summed E-state index contributed by atoms with van der Waals surface area (Å²) >= 11 is 3.26. The van der Waals surface area contributed by atoms with Crippen molar-refractivity contribution in [1.29, 1.82) is 0 Å². The lowest BCUT2D eigenvalue weighted by Crippen LogP contribution is -1.98. The van der Waals surface area contributed by atoms with E-state index < -0.39 is 11.1 Å². The third-order valence-corrected chi connectivity index (χ3v) is 2.26. The molecule has 1 unspecified atom stereocenters. The van der Waals surface area contributed by atoms with Crippen molar-refractivity contribution < 1.29 is 8.76 Å². The highest BCUT2D eigenvalue weighted by Crippen LogP contribution is 2.27. The molecule has 0 aliphatic rings. The Hall–Kier alpha value is -0.780. The fraction of sp³-hybridized carbons (Fsp3) is 0. The molecular formula is C6H6ClN2O2S-. The molecule has 0 saturated carbocycles. The Morgan fingerprint density at radius 3 is 2.42 bits per heavy atom. The van der Waals surface area contributed by atoms with Crippen molar-refractivity contribution in [3.05, 3.63) is 17.2 Å². The van der Waals surface area contributed by atoms with Gasteiger partial charge in [0.05, 0.1) is 16.4 Å². The minimum atomic E-state index is -2.33. The highest BCUT2D eigenvalue weighted by molar-refractivity contribution is 7.79. The van der Waals surface area contributed by atoms with Gasteiger partial charge in [0.25, 0.3) is 0 Å². The Morgan fingerprint density at radius 2 is 2.00 bits per heavy atom. The van der Waals surface area contributed by atoms with Crippen LogP contribution in [0.2, 0.25) is 5.02 Å². The van der Waals surface area contributed by atoms with E-state index in [1.807, 2.05) is 0 Å². The molecule has 1 aromatic rings. The molecule has 0 amide bonds. The Bertz CT molecular complexity index is 319. The van der Waals surface area contributed by atoms with Crippen LogP contribution in [0.15, 0.2) is 17.0 Å². The molecule has 0 aliphatic carbocycles. The van der Waals surface area contributed by atoms with E-state index in [4.69, 9.17) is 23.1 Å². The third-order valence-electron chi connectivity index (χ3n) is 1.33. The summed E-state index contributed by atoms with van der Waals surface area (Å²) < 4.78 is 20.9. The van der Waals surface area contributed by atoms with Crippen LogP contribution in [0.25, 0.3) is 0 Å². The van der Waals surface area contributed by atoms with Gasteiger partial charge in [0, 0.05) is 4.90 Å². The lowest BCUT2D eigenvalue weighted by molar-refractivity contribution is 0.537. The van der Waals surface area contributed by atoms with Crippen LogP contribution in [0.5, 0.6) is 0 Å². The maximum Gasteiger partial charge on any atom is 0.0737 e. The molecule has 6 heteroatoms. The number of benzene rings is 1. The maximum absolute atomic E-state index is 10.5. The van der Waals surface area contributed by atoms with E-state index in [1.165, 1.54) is 12.1 Å². The first-order valence-electron chi connectivity index (χ1n) is 2.96. The monoisotopic (exact) mass is 205 g/mol. The zero-order chi connectivity index (χ0) is 9.30. The van der Waals surface area contributed by atoms with Gasteiger partial charge in [-0.05, 0) is 23.2 Å². The van der Waals surface area contributed by atoms with E-state index in [0.29, 0.717) is 0 Å². The number of nitrogen functional groups attached to an aromatic ring is 2. The molecule has 0 bridgehead atoms. The summed E-state index contributed by atoms with van der Waals surface area (Å²) in [6, 6.07) is 2.50. The molecule has 66 valence electrons. The molecule has 1 atom stereocenters. The molecule has 0 saturated heterocycles. The molecule has 0 aliphatic heterocycles. The van der Waals surface area contributed by atoms with E-state index in [1.54, 1.807) is 0 Å². The van der Waals surface area contributed by atoms with E-state index in [9.17, 15) is 8.76 Å². The summed E-state index contributed by atoms with van der Waals surface area (Å²) in [7, 11) is 0. The summed E-state index contributed by atoms with van der Waals surface area (Å²) in [5, 5.41) is 0.147. The molecular weight excluding hydrogens is 200 g/mol. The molecule has 0 spiro atoms. The van der Waals surface area contributed by atoms with Gasteiger partial charge in [0.15, 0.2) is 0 Å². The summed E-state index contributed by atoms with van der Waals surface area (Å²) in [4.78, 5) is 0.0340. The number of rotatable bonds is 1. The zero-order valence-corrected chi connectivity index (χ0v) is 7.48. The van der Waals surface area contributed by atoms with Crippen molar-refractivity contribution in [2.45, 2.75) is 4.90 Å². The molecule has 1 rings (SSSR count). The predicted molar refractivity (Wildman–Crippen MR) is 47.5 cm³/mol. The second-order valence-corrected chi connectivity index (χ2v) is 3.49. The van der Waals surface area contributed by atoms with Crippen LogP contribution in [0.4, 0.5) is 11.4 Å². The van der Waals surface area contributed by atoms with Crippen molar-refractivity contribution in [1.82, 2.24) is 0 Å². The molecule has 1 aromatic carbocycles. The van der Waals surface area contributed by atoms with E-state index in [2.05, 4.69) is 0 Å². The van der Waals surface area contributed by atoms with Crippen LogP contribution in [-0.2, 0) is 11.1 Å². The molecule has 0 fully saturated rings. The van der Waals surface area contributed by atoms with Gasteiger partial charge >= 0.3 is 0 Å². The van der Waals surface area contributed by atoms with Gasteiger partial charge in [0.2, 0.25) is 0 Å². The van der Waals surface area contributed by atoms with Crippen molar-refractivity contribution >= 4 is 34.1 Å². The van der Waals surface area contributed by atoms with Gasteiger partial charge in [-0.1, -0.05) is 11.6 Å². The lowest BCUT2D eigenvalue weighted by atomic mass is 10.3. The second kappa shape index (κ2) is 3.30. The van der Waals surface area contributed by atoms with Gasteiger partial charge < -0.3 is 16.0 Å². The minimum Gasteiger partial charge on any atom is -0.768 e. The minimum absolute atomic E-state index is 0.0340. The fourth-order valence-corrected chi connectivity index (χ4v) is 1.44. The Morgan fingerprint density at radius 1 is 1.42 bits per heavy atom. The molecule has 0 aromatic heterocycles. The van der Waals surface area contributed by atoms with E-state index in [-0.39, 0.29) is 21.3 Å². The Labute approximate surface area is 76.8 Å². The van der Waals surface area contributed by atoms with E-state index >= 15 is 0 Å². The first kappa shape index (κ1) is 9.31. The Balaban J connectivity index is 3.31. The van der Waals surface area contributed by atoms with E-state index in [0.717, 1.165) is 0 Å². The number of anilines is 2. The van der Waals surface area contributed by atoms with Crippen molar-refractivity contribution in [3.8, 4) is 0 Å². The maximum atomic E-state index is 10.5. The SMILES string of the molecule is Nc1cc(S(=O)[O-])cc(Cl)c1N. The highest BCUT2D eigenvalue weighted by Gasteiger charge is 2.03. The standard InChI is InChI=1S/C6H7ClN2O2S/c7-4-1-3(12(10)11)2-5(8)6(4)9/h1-2H,8-9H2,(H,10,11)/p-1. The average Bonchev–Trinajstić information content (AvgIpc) is 1.99. The van der Waals surface area contributed by atoms with Crippen molar-refractivity contribution in [2.24, 2.45) is 0 Å². The van der Waals surface area contributed by atoms with Crippen molar-refractivity contribution in [3.63, 3.8) is 0 Å². The van der Waals surface area contributed by atoms with Gasteiger partial charge in [-0.15, -0.1) is 0 Å². The second-order valence-electron chi connectivity index (χ2n) is 2.14. The molecule has 4 N–H and O–H groups in total.